The lowest BCUT2D eigenvalue weighted by Crippen LogP contribution is -2.44. The molecule has 1 heterocycles. The lowest BCUT2D eigenvalue weighted by Gasteiger charge is -2.29. The Morgan fingerprint density at radius 2 is 1.91 bits per heavy atom. The molecule has 1 aliphatic rings. The Morgan fingerprint density at radius 3 is 2.48 bits per heavy atom. The lowest BCUT2D eigenvalue weighted by atomic mass is 9.88. The van der Waals surface area contributed by atoms with Gasteiger partial charge in [0.15, 0.2) is 0 Å². The van der Waals surface area contributed by atoms with E-state index in [4.69, 9.17) is 4.74 Å². The van der Waals surface area contributed by atoms with Gasteiger partial charge in [-0.3, -0.25) is 4.79 Å². The van der Waals surface area contributed by atoms with Gasteiger partial charge in [0.2, 0.25) is 0 Å². The fraction of sp³-hybridized carbons (Fsp3) is 0.375. The first-order valence-electron chi connectivity index (χ1n) is 7.18. The molecule has 1 aliphatic heterocycles. The molecule has 23 heavy (non-hydrogen) atoms. The van der Waals surface area contributed by atoms with Crippen LogP contribution in [0.2, 0.25) is 0 Å². The highest BCUT2D eigenvalue weighted by Gasteiger charge is 2.37. The summed E-state index contributed by atoms with van der Waals surface area (Å²) in [4.78, 5) is 39.1. The number of nitrogens with zero attached hydrogens (tertiary/aromatic N) is 1. The maximum absolute atomic E-state index is 12.2. The van der Waals surface area contributed by atoms with Gasteiger partial charge in [0.1, 0.15) is 5.92 Å². The van der Waals surface area contributed by atoms with E-state index < -0.39 is 29.9 Å². The van der Waals surface area contributed by atoms with Crippen LogP contribution in [0.5, 0.6) is 0 Å². The minimum Gasteiger partial charge on any atom is -0.465 e. The van der Waals surface area contributed by atoms with Crippen LogP contribution >= 0.6 is 0 Å². The van der Waals surface area contributed by atoms with Gasteiger partial charge >= 0.3 is 18.0 Å². The fourth-order valence-corrected chi connectivity index (χ4v) is 2.48. The summed E-state index contributed by atoms with van der Waals surface area (Å²) in [6.07, 6.45) is 0. The standard InChI is InChI=1S/C16H18N2O5/c1-4-23-15(20)12-9(2)17-16(21)18-13(12)10-5-7-11(8-6-10)14(19)22-3/h5-8,12-13H,4H2,1-3H3,(H,18,21). The van der Waals surface area contributed by atoms with Gasteiger partial charge in [-0.15, -0.1) is 0 Å². The first-order chi connectivity index (χ1) is 11.0. The van der Waals surface area contributed by atoms with Gasteiger partial charge in [0.25, 0.3) is 0 Å². The van der Waals surface area contributed by atoms with Crippen LogP contribution in [0.4, 0.5) is 4.79 Å². The molecule has 0 spiro atoms. The van der Waals surface area contributed by atoms with Crippen molar-refractivity contribution in [2.75, 3.05) is 13.7 Å². The summed E-state index contributed by atoms with van der Waals surface area (Å²) in [5, 5.41) is 2.67. The molecule has 1 N–H and O–H groups in total. The number of rotatable bonds is 4. The second-order valence-electron chi connectivity index (χ2n) is 5.02. The van der Waals surface area contributed by atoms with Crippen LogP contribution < -0.4 is 5.32 Å². The van der Waals surface area contributed by atoms with Gasteiger partial charge in [0.05, 0.1) is 25.3 Å². The Labute approximate surface area is 133 Å². The summed E-state index contributed by atoms with van der Waals surface area (Å²) in [6.45, 7) is 3.58. The number of ether oxygens (including phenoxy) is 2. The Kier molecular flexibility index (Phi) is 5.10. The number of carbonyl (C=O) groups is 3. The minimum atomic E-state index is -0.698. The highest BCUT2D eigenvalue weighted by Crippen LogP contribution is 2.28. The third-order valence-corrected chi connectivity index (χ3v) is 3.57. The molecule has 7 heteroatoms. The number of hydrogen-bond acceptors (Lipinski definition) is 5. The Bertz CT molecular complexity index is 651. The van der Waals surface area contributed by atoms with Gasteiger partial charge in [-0.25, -0.2) is 14.6 Å². The molecule has 7 nitrogen and oxygen atoms in total. The van der Waals surface area contributed by atoms with Crippen molar-refractivity contribution in [3.8, 4) is 0 Å². The first-order valence-corrected chi connectivity index (χ1v) is 7.18. The summed E-state index contributed by atoms with van der Waals surface area (Å²) in [5.74, 6) is -1.60. The first kappa shape index (κ1) is 16.7. The molecule has 1 aromatic carbocycles. The zero-order chi connectivity index (χ0) is 17.0. The topological polar surface area (TPSA) is 94.1 Å². The molecule has 2 rings (SSSR count). The molecule has 2 atom stereocenters. The fourth-order valence-electron chi connectivity index (χ4n) is 2.48. The SMILES string of the molecule is CCOC(=O)C1C(C)=NC(=O)NC1c1ccc(C(=O)OC)cc1. The third kappa shape index (κ3) is 3.56. The number of carbonyl (C=O) groups excluding carboxylic acids is 3. The predicted molar refractivity (Wildman–Crippen MR) is 82.3 cm³/mol. The molecule has 0 aromatic heterocycles. The number of hydrogen-bond donors (Lipinski definition) is 1. The molecule has 0 radical (unpaired) electrons. The summed E-state index contributed by atoms with van der Waals surface area (Å²) >= 11 is 0. The van der Waals surface area contributed by atoms with Crippen molar-refractivity contribution in [2.45, 2.75) is 19.9 Å². The summed E-state index contributed by atoms with van der Waals surface area (Å²) < 4.78 is 9.72. The predicted octanol–water partition coefficient (Wildman–Crippen LogP) is 1.88. The van der Waals surface area contributed by atoms with E-state index in [1.807, 2.05) is 0 Å². The van der Waals surface area contributed by atoms with Crippen LogP contribution in [0.3, 0.4) is 0 Å². The quantitative estimate of drug-likeness (QED) is 0.855. The van der Waals surface area contributed by atoms with E-state index in [2.05, 4.69) is 15.0 Å². The van der Waals surface area contributed by atoms with E-state index in [-0.39, 0.29) is 6.61 Å². The van der Waals surface area contributed by atoms with Gasteiger partial charge in [-0.2, -0.15) is 0 Å². The number of methoxy groups -OCH3 is 1. The Balaban J connectivity index is 2.34. The third-order valence-electron chi connectivity index (χ3n) is 3.57. The van der Waals surface area contributed by atoms with Gasteiger partial charge in [-0.05, 0) is 31.5 Å². The monoisotopic (exact) mass is 318 g/mol. The van der Waals surface area contributed by atoms with Gasteiger partial charge < -0.3 is 14.8 Å². The molecule has 0 aliphatic carbocycles. The molecular weight excluding hydrogens is 300 g/mol. The van der Waals surface area contributed by atoms with Gasteiger partial charge in [0, 0.05) is 5.71 Å². The van der Waals surface area contributed by atoms with Crippen molar-refractivity contribution in [3.63, 3.8) is 0 Å². The summed E-state index contributed by atoms with van der Waals surface area (Å²) in [5.41, 5.74) is 1.46. The molecule has 0 saturated carbocycles. The number of aliphatic imine (C=N–C) groups is 1. The largest absolute Gasteiger partial charge is 0.465 e. The van der Waals surface area contributed by atoms with E-state index in [1.54, 1.807) is 38.1 Å². The van der Waals surface area contributed by atoms with Crippen LogP contribution in [-0.4, -0.2) is 37.4 Å². The molecule has 0 fully saturated rings. The Morgan fingerprint density at radius 1 is 1.26 bits per heavy atom. The second kappa shape index (κ2) is 7.04. The van der Waals surface area contributed by atoms with Crippen LogP contribution in [0, 0.1) is 5.92 Å². The van der Waals surface area contributed by atoms with Crippen molar-refractivity contribution in [1.29, 1.82) is 0 Å². The van der Waals surface area contributed by atoms with E-state index >= 15 is 0 Å². The van der Waals surface area contributed by atoms with E-state index in [9.17, 15) is 14.4 Å². The van der Waals surface area contributed by atoms with E-state index in [0.29, 0.717) is 16.8 Å². The van der Waals surface area contributed by atoms with Crippen LogP contribution in [-0.2, 0) is 14.3 Å². The van der Waals surface area contributed by atoms with Crippen LogP contribution in [0.15, 0.2) is 29.3 Å². The van der Waals surface area contributed by atoms with Crippen molar-refractivity contribution >= 4 is 23.7 Å². The number of nitrogens with one attached hydrogen (secondary N) is 1. The van der Waals surface area contributed by atoms with E-state index in [1.165, 1.54) is 7.11 Å². The van der Waals surface area contributed by atoms with Crippen molar-refractivity contribution in [2.24, 2.45) is 10.9 Å². The molecular formula is C16H18N2O5. The normalized spacial score (nSPS) is 20.3. The maximum Gasteiger partial charge on any atom is 0.341 e. The van der Waals surface area contributed by atoms with Gasteiger partial charge in [-0.1, -0.05) is 12.1 Å². The maximum atomic E-state index is 12.2. The molecule has 2 amide bonds. The zero-order valence-corrected chi connectivity index (χ0v) is 13.2. The molecule has 0 saturated heterocycles. The molecule has 122 valence electrons. The number of esters is 2. The van der Waals surface area contributed by atoms with E-state index in [0.717, 1.165) is 0 Å². The average molecular weight is 318 g/mol. The summed E-state index contributed by atoms with van der Waals surface area (Å²) in [7, 11) is 1.30. The summed E-state index contributed by atoms with van der Waals surface area (Å²) in [6, 6.07) is 5.40. The lowest BCUT2D eigenvalue weighted by molar-refractivity contribution is -0.146. The van der Waals surface area contributed by atoms with Crippen LogP contribution in [0.25, 0.3) is 0 Å². The van der Waals surface area contributed by atoms with Crippen LogP contribution in [0.1, 0.15) is 35.8 Å². The zero-order valence-electron chi connectivity index (χ0n) is 13.2. The smallest absolute Gasteiger partial charge is 0.341 e. The molecule has 0 bridgehead atoms. The average Bonchev–Trinajstić information content (AvgIpc) is 2.53. The Hall–Kier alpha value is -2.70. The van der Waals surface area contributed by atoms with Crippen molar-refractivity contribution in [3.05, 3.63) is 35.4 Å². The number of benzene rings is 1. The highest BCUT2D eigenvalue weighted by atomic mass is 16.5. The molecule has 2 unspecified atom stereocenters. The highest BCUT2D eigenvalue weighted by molar-refractivity contribution is 6.08. The second-order valence-corrected chi connectivity index (χ2v) is 5.02. The number of urea groups is 1. The van der Waals surface area contributed by atoms with Crippen molar-refractivity contribution < 1.29 is 23.9 Å². The molecule has 1 aromatic rings. The number of amides is 2. The van der Waals surface area contributed by atoms with Crippen molar-refractivity contribution in [1.82, 2.24) is 5.32 Å². The minimum absolute atomic E-state index is 0.241.